The standard InChI is InChI=1S/C17H22N2/c1-10(12-3-4-12)5-16-11(2)17-8-15(19)7-13(17)6-14(16)9-18/h5-6,9,12,15,18H,3-4,7-8,19H2,1-2H3/b10-5+,18-9?/t15-/m1/s1. The lowest BCUT2D eigenvalue weighted by Crippen LogP contribution is -2.19. The summed E-state index contributed by atoms with van der Waals surface area (Å²) in [5.74, 6) is 0.786. The predicted octanol–water partition coefficient (Wildman–Crippen LogP) is 3.23. The smallest absolute Gasteiger partial charge is 0.0256 e. The van der Waals surface area contributed by atoms with Gasteiger partial charge >= 0.3 is 0 Å². The van der Waals surface area contributed by atoms with E-state index in [2.05, 4.69) is 26.0 Å². The second-order valence-electron chi connectivity index (χ2n) is 6.12. The monoisotopic (exact) mass is 254 g/mol. The normalized spacial score (nSPS) is 22.5. The molecule has 0 radical (unpaired) electrons. The van der Waals surface area contributed by atoms with Crippen molar-refractivity contribution in [3.63, 3.8) is 0 Å². The molecule has 1 atom stereocenters. The first-order valence-corrected chi connectivity index (χ1v) is 7.19. The van der Waals surface area contributed by atoms with E-state index >= 15 is 0 Å². The van der Waals surface area contributed by atoms with E-state index in [4.69, 9.17) is 11.1 Å². The molecule has 0 heterocycles. The van der Waals surface area contributed by atoms with E-state index in [1.807, 2.05) is 0 Å². The minimum atomic E-state index is 0.260. The van der Waals surface area contributed by atoms with Crippen molar-refractivity contribution in [2.75, 3.05) is 0 Å². The molecule has 1 aromatic carbocycles. The Hall–Kier alpha value is -1.41. The summed E-state index contributed by atoms with van der Waals surface area (Å²) in [4.78, 5) is 0. The maximum atomic E-state index is 7.68. The summed E-state index contributed by atoms with van der Waals surface area (Å²) in [6.45, 7) is 4.42. The van der Waals surface area contributed by atoms with E-state index in [9.17, 15) is 0 Å². The van der Waals surface area contributed by atoms with Gasteiger partial charge in [0, 0.05) is 12.3 Å². The van der Waals surface area contributed by atoms with E-state index in [0.717, 1.165) is 24.3 Å². The number of benzene rings is 1. The van der Waals surface area contributed by atoms with Crippen molar-refractivity contribution in [1.29, 1.82) is 5.41 Å². The highest BCUT2D eigenvalue weighted by atomic mass is 14.6. The number of hydrogen-bond acceptors (Lipinski definition) is 2. The highest BCUT2D eigenvalue weighted by molar-refractivity contribution is 5.86. The van der Waals surface area contributed by atoms with Crippen LogP contribution in [0.5, 0.6) is 0 Å². The van der Waals surface area contributed by atoms with Crippen LogP contribution in [-0.2, 0) is 12.8 Å². The van der Waals surface area contributed by atoms with Crippen molar-refractivity contribution in [2.45, 2.75) is 45.6 Å². The third-order valence-corrected chi connectivity index (χ3v) is 4.58. The van der Waals surface area contributed by atoms with E-state index in [1.54, 1.807) is 0 Å². The highest BCUT2D eigenvalue weighted by Crippen LogP contribution is 2.38. The zero-order valence-corrected chi connectivity index (χ0v) is 11.8. The van der Waals surface area contributed by atoms with Crippen molar-refractivity contribution < 1.29 is 0 Å². The third-order valence-electron chi connectivity index (χ3n) is 4.58. The van der Waals surface area contributed by atoms with Crippen LogP contribution in [0.1, 0.15) is 47.6 Å². The summed E-state index contributed by atoms with van der Waals surface area (Å²) in [6.07, 6.45) is 8.40. The van der Waals surface area contributed by atoms with Gasteiger partial charge in [0.1, 0.15) is 0 Å². The van der Waals surface area contributed by atoms with E-state index in [1.165, 1.54) is 46.9 Å². The molecule has 2 nitrogen and oxygen atoms in total. The van der Waals surface area contributed by atoms with Crippen molar-refractivity contribution in [1.82, 2.24) is 0 Å². The SMILES string of the molecule is C/C(=C\c1c(C=N)cc2c(c1C)C[C@H](N)C2)C1CC1. The summed E-state index contributed by atoms with van der Waals surface area (Å²) in [5.41, 5.74) is 14.0. The molecule has 3 rings (SSSR count). The molecule has 19 heavy (non-hydrogen) atoms. The predicted molar refractivity (Wildman–Crippen MR) is 80.8 cm³/mol. The van der Waals surface area contributed by atoms with Crippen LogP contribution < -0.4 is 5.73 Å². The third kappa shape index (κ3) is 2.25. The van der Waals surface area contributed by atoms with Gasteiger partial charge in [-0.15, -0.1) is 0 Å². The van der Waals surface area contributed by atoms with Crippen LogP contribution in [0.15, 0.2) is 11.6 Å². The number of nitrogens with two attached hydrogens (primary N) is 1. The first-order valence-electron chi connectivity index (χ1n) is 7.19. The summed E-state index contributed by atoms with van der Waals surface area (Å²) in [7, 11) is 0. The lowest BCUT2D eigenvalue weighted by molar-refractivity contribution is 0.720. The number of hydrogen-bond donors (Lipinski definition) is 2. The van der Waals surface area contributed by atoms with Crippen LogP contribution in [-0.4, -0.2) is 12.3 Å². The molecule has 2 heteroatoms. The molecular formula is C17H22N2. The lowest BCUT2D eigenvalue weighted by atomic mass is 9.92. The first-order chi connectivity index (χ1) is 9.10. The van der Waals surface area contributed by atoms with Crippen molar-refractivity contribution >= 4 is 12.3 Å². The van der Waals surface area contributed by atoms with Gasteiger partial charge in [0.25, 0.3) is 0 Å². The largest absolute Gasteiger partial charge is 0.327 e. The molecule has 100 valence electrons. The fourth-order valence-corrected chi connectivity index (χ4v) is 3.25. The van der Waals surface area contributed by atoms with Gasteiger partial charge in [-0.25, -0.2) is 0 Å². The zero-order valence-electron chi connectivity index (χ0n) is 11.8. The molecule has 2 aliphatic carbocycles. The molecular weight excluding hydrogens is 232 g/mol. The molecule has 0 aromatic heterocycles. The second-order valence-corrected chi connectivity index (χ2v) is 6.12. The molecule has 0 unspecified atom stereocenters. The Labute approximate surface area is 115 Å². The fourth-order valence-electron chi connectivity index (χ4n) is 3.25. The Balaban J connectivity index is 2.10. The van der Waals surface area contributed by atoms with E-state index < -0.39 is 0 Å². The molecule has 0 bridgehead atoms. The molecule has 1 saturated carbocycles. The molecule has 0 aliphatic heterocycles. The maximum Gasteiger partial charge on any atom is 0.0256 e. The van der Waals surface area contributed by atoms with Gasteiger partial charge in [-0.3, -0.25) is 0 Å². The fraction of sp³-hybridized carbons (Fsp3) is 0.471. The number of rotatable bonds is 3. The van der Waals surface area contributed by atoms with Gasteiger partial charge in [-0.1, -0.05) is 11.6 Å². The van der Waals surface area contributed by atoms with Crippen molar-refractivity contribution in [3.8, 4) is 0 Å². The van der Waals surface area contributed by atoms with Crippen molar-refractivity contribution in [2.24, 2.45) is 11.7 Å². The lowest BCUT2D eigenvalue weighted by Gasteiger charge is -2.13. The minimum absolute atomic E-state index is 0.260. The Kier molecular flexibility index (Phi) is 3.06. The van der Waals surface area contributed by atoms with Gasteiger partial charge in [0.05, 0.1) is 0 Å². The molecule has 1 aromatic rings. The highest BCUT2D eigenvalue weighted by Gasteiger charge is 2.25. The van der Waals surface area contributed by atoms with Crippen LogP contribution in [0.4, 0.5) is 0 Å². The number of nitrogens with one attached hydrogen (secondary N) is 1. The zero-order chi connectivity index (χ0) is 13.6. The summed E-state index contributed by atoms with van der Waals surface area (Å²) >= 11 is 0. The van der Waals surface area contributed by atoms with Crippen LogP contribution in [0.2, 0.25) is 0 Å². The van der Waals surface area contributed by atoms with Gasteiger partial charge in [-0.05, 0) is 79.3 Å². The Morgan fingerprint density at radius 1 is 1.37 bits per heavy atom. The van der Waals surface area contributed by atoms with Crippen LogP contribution in [0, 0.1) is 18.3 Å². The number of fused-ring (bicyclic) bond motifs is 1. The Bertz CT molecular complexity index is 565. The van der Waals surface area contributed by atoms with Crippen LogP contribution in [0.3, 0.4) is 0 Å². The average molecular weight is 254 g/mol. The van der Waals surface area contributed by atoms with Crippen molar-refractivity contribution in [3.05, 3.63) is 39.5 Å². The van der Waals surface area contributed by atoms with E-state index in [-0.39, 0.29) is 6.04 Å². The second kappa shape index (κ2) is 4.61. The molecule has 0 saturated heterocycles. The minimum Gasteiger partial charge on any atom is -0.327 e. The molecule has 0 spiro atoms. The van der Waals surface area contributed by atoms with E-state index in [0.29, 0.717) is 0 Å². The molecule has 3 N–H and O–H groups in total. The van der Waals surface area contributed by atoms with Gasteiger partial charge in [-0.2, -0.15) is 0 Å². The molecule has 2 aliphatic rings. The average Bonchev–Trinajstić information content (AvgIpc) is 3.15. The maximum absolute atomic E-state index is 7.68. The van der Waals surface area contributed by atoms with Gasteiger partial charge in [0.2, 0.25) is 0 Å². The van der Waals surface area contributed by atoms with Gasteiger partial charge in [0.15, 0.2) is 0 Å². The molecule has 1 fully saturated rings. The van der Waals surface area contributed by atoms with Gasteiger partial charge < -0.3 is 11.1 Å². The number of allylic oxidation sites excluding steroid dienone is 1. The summed E-state index contributed by atoms with van der Waals surface area (Å²) in [5, 5.41) is 7.68. The topological polar surface area (TPSA) is 49.9 Å². The summed E-state index contributed by atoms with van der Waals surface area (Å²) in [6, 6.07) is 2.44. The molecule has 0 amide bonds. The van der Waals surface area contributed by atoms with Crippen LogP contribution in [0.25, 0.3) is 6.08 Å². The quantitative estimate of drug-likeness (QED) is 0.799. The first kappa shape index (κ1) is 12.6. The van der Waals surface area contributed by atoms with Crippen LogP contribution >= 0.6 is 0 Å². The summed E-state index contributed by atoms with van der Waals surface area (Å²) < 4.78 is 0. The Morgan fingerprint density at radius 3 is 2.74 bits per heavy atom. The Morgan fingerprint density at radius 2 is 2.11 bits per heavy atom.